The molecule has 1 aliphatic carbocycles. The van der Waals surface area contributed by atoms with E-state index in [1.807, 2.05) is 90.5 Å². The molecule has 2 amide bonds. The van der Waals surface area contributed by atoms with E-state index in [4.69, 9.17) is 14.6 Å². The molecule has 1 aliphatic rings. The third-order valence-electron chi connectivity index (χ3n) is 8.20. The number of anilines is 1. The molecule has 9 heteroatoms. The van der Waals surface area contributed by atoms with Crippen LogP contribution in [-0.2, 0) is 4.79 Å². The van der Waals surface area contributed by atoms with Gasteiger partial charge in [-0.25, -0.2) is 4.68 Å². The normalized spacial score (nSPS) is 14.2. The zero-order valence-electron chi connectivity index (χ0n) is 25.2. The topological polar surface area (TPSA) is 85.7 Å². The van der Waals surface area contributed by atoms with Gasteiger partial charge in [-0.1, -0.05) is 55.7 Å². The van der Waals surface area contributed by atoms with Crippen LogP contribution in [0.15, 0.2) is 84.9 Å². The van der Waals surface area contributed by atoms with E-state index in [0.717, 1.165) is 47.3 Å². The van der Waals surface area contributed by atoms with Crippen LogP contribution >= 0.6 is 11.3 Å². The van der Waals surface area contributed by atoms with Gasteiger partial charge in [0.15, 0.2) is 0 Å². The molecule has 0 spiro atoms. The van der Waals surface area contributed by atoms with E-state index >= 15 is 0 Å². The molecule has 1 fully saturated rings. The van der Waals surface area contributed by atoms with Crippen molar-refractivity contribution in [1.82, 2.24) is 15.1 Å². The van der Waals surface area contributed by atoms with Gasteiger partial charge < -0.3 is 14.8 Å². The van der Waals surface area contributed by atoms with Gasteiger partial charge in [-0.05, 0) is 67.8 Å². The molecule has 8 nitrogen and oxygen atoms in total. The zero-order chi connectivity index (χ0) is 30.6. The molecule has 226 valence electrons. The number of nitrogens with zero attached hydrogens (tertiary/aromatic N) is 3. The van der Waals surface area contributed by atoms with Crippen molar-refractivity contribution < 1.29 is 19.1 Å². The number of hydrogen-bond donors (Lipinski definition) is 1. The monoisotopic (exact) mass is 608 g/mol. The minimum absolute atomic E-state index is 0.0723. The quantitative estimate of drug-likeness (QED) is 0.191. The molecule has 1 saturated carbocycles. The molecule has 2 heterocycles. The van der Waals surface area contributed by atoms with E-state index in [9.17, 15) is 9.59 Å². The lowest BCUT2D eigenvalue weighted by molar-refractivity contribution is -0.123. The minimum atomic E-state index is -0.931. The van der Waals surface area contributed by atoms with Crippen LogP contribution in [0.2, 0.25) is 0 Å². The Bertz CT molecular complexity index is 1760. The summed E-state index contributed by atoms with van der Waals surface area (Å²) in [6.45, 7) is 1.94. The van der Waals surface area contributed by atoms with E-state index < -0.39 is 6.04 Å². The second kappa shape index (κ2) is 12.9. The molecule has 1 atom stereocenters. The van der Waals surface area contributed by atoms with Crippen LogP contribution in [0, 0.1) is 6.92 Å². The number of methoxy groups -OCH3 is 2. The third kappa shape index (κ3) is 5.92. The fourth-order valence-corrected chi connectivity index (χ4v) is 7.01. The van der Waals surface area contributed by atoms with Crippen molar-refractivity contribution in [2.24, 2.45) is 0 Å². The number of nitrogens with one attached hydrogen (secondary N) is 1. The fourth-order valence-electron chi connectivity index (χ4n) is 5.89. The molecule has 5 aromatic rings. The van der Waals surface area contributed by atoms with Crippen LogP contribution in [0.25, 0.3) is 15.9 Å². The van der Waals surface area contributed by atoms with Crippen molar-refractivity contribution in [3.63, 3.8) is 0 Å². The molecule has 1 N–H and O–H groups in total. The Labute approximate surface area is 261 Å². The van der Waals surface area contributed by atoms with E-state index in [1.54, 1.807) is 25.2 Å². The molecule has 3 aromatic carbocycles. The first-order chi connectivity index (χ1) is 21.5. The van der Waals surface area contributed by atoms with Gasteiger partial charge in [-0.3, -0.25) is 14.5 Å². The second-order valence-electron chi connectivity index (χ2n) is 11.1. The lowest BCUT2D eigenvalue weighted by Crippen LogP contribution is -2.47. The van der Waals surface area contributed by atoms with Crippen molar-refractivity contribution in [3.05, 3.63) is 101 Å². The van der Waals surface area contributed by atoms with Gasteiger partial charge in [0, 0.05) is 23.2 Å². The number of para-hydroxylation sites is 1. The average molecular weight is 609 g/mol. The highest BCUT2D eigenvalue weighted by atomic mass is 32.1. The smallest absolute Gasteiger partial charge is 0.269 e. The number of hydrogen-bond acceptors (Lipinski definition) is 6. The summed E-state index contributed by atoms with van der Waals surface area (Å²) in [6, 6.07) is 25.6. The van der Waals surface area contributed by atoms with Crippen LogP contribution in [0.3, 0.4) is 0 Å². The van der Waals surface area contributed by atoms with Gasteiger partial charge in [0.2, 0.25) is 5.91 Å². The van der Waals surface area contributed by atoms with Gasteiger partial charge in [0.05, 0.1) is 30.5 Å². The summed E-state index contributed by atoms with van der Waals surface area (Å²) in [4.78, 5) is 32.1. The predicted octanol–water partition coefficient (Wildman–Crippen LogP) is 7.25. The summed E-state index contributed by atoms with van der Waals surface area (Å²) in [5.41, 5.74) is 2.99. The summed E-state index contributed by atoms with van der Waals surface area (Å²) >= 11 is 1.37. The summed E-state index contributed by atoms with van der Waals surface area (Å²) in [6.07, 6.45) is 5.19. The van der Waals surface area contributed by atoms with Crippen LogP contribution in [-0.4, -0.2) is 41.9 Å². The van der Waals surface area contributed by atoms with Gasteiger partial charge in [-0.2, -0.15) is 5.10 Å². The molecule has 0 saturated heterocycles. The highest BCUT2D eigenvalue weighted by Gasteiger charge is 2.36. The Hall–Kier alpha value is -4.63. The van der Waals surface area contributed by atoms with E-state index in [1.165, 1.54) is 17.8 Å². The average Bonchev–Trinajstić information content (AvgIpc) is 3.64. The molecule has 6 rings (SSSR count). The number of amides is 2. The Kier molecular flexibility index (Phi) is 8.65. The molecule has 0 bridgehead atoms. The minimum Gasteiger partial charge on any atom is -0.497 e. The van der Waals surface area contributed by atoms with Crippen LogP contribution < -0.4 is 19.7 Å². The predicted molar refractivity (Wildman–Crippen MR) is 174 cm³/mol. The highest BCUT2D eigenvalue weighted by molar-refractivity contribution is 7.20. The summed E-state index contributed by atoms with van der Waals surface area (Å²) in [5, 5.41) is 8.94. The second-order valence-corrected chi connectivity index (χ2v) is 12.1. The highest BCUT2D eigenvalue weighted by Crippen LogP contribution is 2.37. The number of ether oxygens (including phenoxy) is 2. The Balaban J connectivity index is 1.48. The fraction of sp³-hybridized carbons (Fsp3) is 0.286. The van der Waals surface area contributed by atoms with Crippen LogP contribution in [0.1, 0.15) is 59.1 Å². The van der Waals surface area contributed by atoms with E-state index in [2.05, 4.69) is 5.32 Å². The maximum absolute atomic E-state index is 14.8. The lowest BCUT2D eigenvalue weighted by atomic mass is 9.94. The summed E-state index contributed by atoms with van der Waals surface area (Å²) in [7, 11) is 3.19. The van der Waals surface area contributed by atoms with Crippen molar-refractivity contribution in [3.8, 4) is 17.2 Å². The number of fused-ring (bicyclic) bond motifs is 1. The number of thiophene rings is 1. The maximum atomic E-state index is 14.8. The first-order valence-electron chi connectivity index (χ1n) is 14.9. The molecule has 44 heavy (non-hydrogen) atoms. The standard InChI is InChI=1S/C35H36N4O4S/c1-23-30-22-31(44-35(30)39(37-23)26-13-8-5-9-14-26)34(41)38(27-15-10-16-29(21-27)43-3)32(24-17-19-28(42-2)20-18-24)33(40)36-25-11-6-4-7-12-25/h5,8-10,13-22,25,32H,4,6-7,11-12H2,1-3H3,(H,36,40)/t32-/m1/s1. The van der Waals surface area contributed by atoms with Crippen molar-refractivity contribution >= 4 is 39.1 Å². The molecule has 2 aromatic heterocycles. The van der Waals surface area contributed by atoms with Gasteiger partial charge in [0.25, 0.3) is 5.91 Å². The number of aromatic nitrogens is 2. The Morgan fingerprint density at radius 1 is 0.909 bits per heavy atom. The number of carbonyl (C=O) groups is 2. The first kappa shape index (κ1) is 29.4. The Morgan fingerprint density at radius 2 is 1.64 bits per heavy atom. The van der Waals surface area contributed by atoms with Crippen molar-refractivity contribution in [2.75, 3.05) is 19.1 Å². The largest absolute Gasteiger partial charge is 0.497 e. The molecular formula is C35H36N4O4S. The van der Waals surface area contributed by atoms with Gasteiger partial charge >= 0.3 is 0 Å². The molecule has 0 radical (unpaired) electrons. The molecular weight excluding hydrogens is 572 g/mol. The van der Waals surface area contributed by atoms with Crippen LogP contribution in [0.5, 0.6) is 11.5 Å². The first-order valence-corrected chi connectivity index (χ1v) is 15.7. The number of aryl methyl sites for hydroxylation is 1. The zero-order valence-corrected chi connectivity index (χ0v) is 26.0. The number of carbonyl (C=O) groups excluding carboxylic acids is 2. The van der Waals surface area contributed by atoms with E-state index in [-0.39, 0.29) is 17.9 Å². The Morgan fingerprint density at radius 3 is 2.34 bits per heavy atom. The molecule has 0 unspecified atom stereocenters. The SMILES string of the molecule is COc1ccc([C@H](C(=O)NC2CCCCC2)N(C(=O)c2cc3c(C)nn(-c4ccccc4)c3s2)c2cccc(OC)c2)cc1. The van der Waals surface area contributed by atoms with Crippen molar-refractivity contribution in [2.45, 2.75) is 51.1 Å². The molecule has 0 aliphatic heterocycles. The van der Waals surface area contributed by atoms with Crippen molar-refractivity contribution in [1.29, 1.82) is 0 Å². The van der Waals surface area contributed by atoms with E-state index in [0.29, 0.717) is 27.6 Å². The number of benzene rings is 3. The number of rotatable bonds is 9. The van der Waals surface area contributed by atoms with Gasteiger partial charge in [0.1, 0.15) is 22.4 Å². The lowest BCUT2D eigenvalue weighted by Gasteiger charge is -2.33. The summed E-state index contributed by atoms with van der Waals surface area (Å²) < 4.78 is 12.8. The summed E-state index contributed by atoms with van der Waals surface area (Å²) in [5.74, 6) is 0.766. The van der Waals surface area contributed by atoms with Crippen LogP contribution in [0.4, 0.5) is 5.69 Å². The van der Waals surface area contributed by atoms with Gasteiger partial charge in [-0.15, -0.1) is 11.3 Å². The maximum Gasteiger partial charge on any atom is 0.269 e. The third-order valence-corrected chi connectivity index (χ3v) is 9.29.